The molecule has 0 amide bonds. The van der Waals surface area contributed by atoms with Gasteiger partial charge in [-0.3, -0.25) is 9.11 Å². The van der Waals surface area contributed by atoms with Crippen LogP contribution in [0.15, 0.2) is 11.6 Å². The molecule has 4 fully saturated rings. The molecule has 32 heavy (non-hydrogen) atoms. The van der Waals surface area contributed by atoms with Crippen molar-refractivity contribution in [2.75, 3.05) is 0 Å². The third-order valence-electron chi connectivity index (χ3n) is 9.24. The summed E-state index contributed by atoms with van der Waals surface area (Å²) in [7, 11) is -10.6. The Morgan fingerprint density at radius 2 is 1.56 bits per heavy atom. The molecule has 0 saturated heterocycles. The van der Waals surface area contributed by atoms with Crippen molar-refractivity contribution in [1.29, 1.82) is 0 Å². The highest BCUT2D eigenvalue weighted by Crippen LogP contribution is 2.67. The Morgan fingerprint density at radius 1 is 0.906 bits per heavy atom. The second-order valence-corrected chi connectivity index (χ2v) is 12.8. The molecule has 11 heteroatoms. The van der Waals surface area contributed by atoms with E-state index in [1.165, 1.54) is 32.1 Å². The fourth-order valence-electron chi connectivity index (χ4n) is 7.96. The van der Waals surface area contributed by atoms with Crippen LogP contribution < -0.4 is 0 Å². The molecule has 3 N–H and O–H groups in total. The zero-order chi connectivity index (χ0) is 23.6. The van der Waals surface area contributed by atoms with E-state index in [1.54, 1.807) is 0 Å². The van der Waals surface area contributed by atoms with Crippen molar-refractivity contribution in [2.24, 2.45) is 34.5 Å². The molecule has 0 spiro atoms. The van der Waals surface area contributed by atoms with Gasteiger partial charge in [0.25, 0.3) is 0 Å². The van der Waals surface area contributed by atoms with Crippen molar-refractivity contribution in [2.45, 2.75) is 84.0 Å². The topological polar surface area (TPSA) is 147 Å². The molecule has 4 saturated carbocycles. The Bertz CT molecular complexity index is 955. The Hall–Kier alpha value is -0.560. The molecule has 4 rings (SSSR count). The lowest BCUT2D eigenvalue weighted by atomic mass is 9.45. The van der Waals surface area contributed by atoms with Crippen molar-refractivity contribution in [1.82, 2.24) is 0 Å². The fourth-order valence-corrected chi connectivity index (χ4v) is 8.77. The van der Waals surface area contributed by atoms with Gasteiger partial charge in [-0.05, 0) is 85.9 Å². The van der Waals surface area contributed by atoms with Gasteiger partial charge in [-0.25, -0.2) is 0 Å². The number of hydrogen-bond donors (Lipinski definition) is 3. The number of fused-ring (bicyclic) bond motifs is 5. The van der Waals surface area contributed by atoms with Gasteiger partial charge in [-0.2, -0.15) is 25.2 Å². The average Bonchev–Trinajstić information content (AvgIpc) is 2.94. The molecule has 1 unspecified atom stereocenters. The molecular formula is C21H34O9S2. The lowest BCUT2D eigenvalue weighted by molar-refractivity contribution is -0.235. The summed E-state index contributed by atoms with van der Waals surface area (Å²) in [5.41, 5.74) is 0.572. The van der Waals surface area contributed by atoms with Gasteiger partial charge in [0.2, 0.25) is 0 Å². The van der Waals surface area contributed by atoms with Crippen LogP contribution >= 0.6 is 0 Å². The summed E-state index contributed by atoms with van der Waals surface area (Å²) in [5.74, 6) is -1.14. The number of hydrogen-bond acceptors (Lipinski definition) is 7. The molecule has 0 radical (unpaired) electrons. The van der Waals surface area contributed by atoms with E-state index in [0.29, 0.717) is 35.2 Å². The van der Waals surface area contributed by atoms with E-state index in [9.17, 15) is 21.9 Å². The van der Waals surface area contributed by atoms with E-state index >= 15 is 0 Å². The molecule has 9 nitrogen and oxygen atoms in total. The summed E-state index contributed by atoms with van der Waals surface area (Å²) >= 11 is 0. The Morgan fingerprint density at radius 3 is 2.19 bits per heavy atom. The van der Waals surface area contributed by atoms with Gasteiger partial charge >= 0.3 is 26.8 Å². The highest BCUT2D eigenvalue weighted by atomic mass is 32.3. The molecule has 0 bridgehead atoms. The summed E-state index contributed by atoms with van der Waals surface area (Å²) < 4.78 is 71.1. The van der Waals surface area contributed by atoms with Gasteiger partial charge in [0, 0.05) is 6.08 Å². The minimum Gasteiger partial charge on any atom is -0.338 e. The second-order valence-electron chi connectivity index (χ2n) is 10.7. The largest absolute Gasteiger partial charge is 0.402 e. The third-order valence-corrected chi connectivity index (χ3v) is 10.1. The van der Waals surface area contributed by atoms with Crippen LogP contribution in [0.25, 0.3) is 0 Å². The lowest BCUT2D eigenvalue weighted by Gasteiger charge is -2.60. The molecule has 0 aliphatic heterocycles. The van der Waals surface area contributed by atoms with Gasteiger partial charge in [0.1, 0.15) is 0 Å². The van der Waals surface area contributed by atoms with E-state index in [2.05, 4.69) is 22.2 Å². The second kappa shape index (κ2) is 8.00. The average molecular weight is 495 g/mol. The lowest BCUT2D eigenvalue weighted by Crippen LogP contribution is -2.52. The quantitative estimate of drug-likeness (QED) is 0.296. The van der Waals surface area contributed by atoms with E-state index in [1.807, 2.05) is 0 Å². The normalized spacial score (nSPS) is 41.7. The minimum absolute atomic E-state index is 0.313. The van der Waals surface area contributed by atoms with Crippen molar-refractivity contribution >= 4 is 20.8 Å². The predicted molar refractivity (Wildman–Crippen MR) is 115 cm³/mol. The van der Waals surface area contributed by atoms with Crippen molar-refractivity contribution in [3.8, 4) is 0 Å². The highest BCUT2D eigenvalue weighted by molar-refractivity contribution is 7.81. The Balaban J connectivity index is 1.65. The van der Waals surface area contributed by atoms with Gasteiger partial charge < -0.3 is 5.11 Å². The minimum atomic E-state index is -5.28. The van der Waals surface area contributed by atoms with E-state index < -0.39 is 32.2 Å². The Labute approximate surface area is 190 Å². The van der Waals surface area contributed by atoms with Crippen LogP contribution in [-0.2, 0) is 29.2 Å². The van der Waals surface area contributed by atoms with Crippen molar-refractivity contribution < 1.29 is 39.4 Å². The van der Waals surface area contributed by atoms with Crippen molar-refractivity contribution in [3.63, 3.8) is 0 Å². The molecule has 6 atom stereocenters. The highest BCUT2D eigenvalue weighted by Gasteiger charge is 2.59. The predicted octanol–water partition coefficient (Wildman–Crippen LogP) is 3.63. The molecule has 0 aromatic carbocycles. The standard InChI is InChI=1S/C21H34O9S2/c1-19-11-4-3-5-14(19)6-8-16-17-9-7-15(20(17,2)12-10-18(16)19)13-21(22,29-31(23,24)25)30-32(26,27)28/h13-14,16-18,22H,3-12H2,1-2H3,(H,23,24,25)(H,26,27,28)/t14?,16-,17-,18-,19-,20+/m0/s1. The first kappa shape index (κ1) is 24.6. The first-order chi connectivity index (χ1) is 14.7. The number of allylic oxidation sites excluding steroid dienone is 1. The number of rotatable bonds is 5. The van der Waals surface area contributed by atoms with Crippen LogP contribution in [0, 0.1) is 34.5 Å². The molecule has 0 aromatic heterocycles. The molecule has 4 aliphatic rings. The fraction of sp³-hybridized carbons (Fsp3) is 0.905. The maximum atomic E-state index is 11.2. The summed E-state index contributed by atoms with van der Waals surface area (Å²) in [6.07, 6.45) is 11.6. The van der Waals surface area contributed by atoms with Gasteiger partial charge in [-0.15, -0.1) is 0 Å². The summed E-state index contributed by atoms with van der Waals surface area (Å²) in [4.78, 5) is 0. The SMILES string of the molecule is C[C@]12CCCCC1CC[C@@H]1[C@@H]2CC[C@]2(C)C(=CC(O)(OS(=O)(=O)O)OS(=O)(=O)O)CC[C@@H]12. The maximum absolute atomic E-state index is 11.2. The summed E-state index contributed by atoms with van der Waals surface area (Å²) in [6.45, 7) is 4.52. The molecule has 4 aliphatic carbocycles. The molecule has 184 valence electrons. The zero-order valence-corrected chi connectivity index (χ0v) is 20.2. The van der Waals surface area contributed by atoms with Crippen LogP contribution in [0.2, 0.25) is 0 Å². The van der Waals surface area contributed by atoms with Gasteiger partial charge in [-0.1, -0.05) is 32.3 Å². The molecule has 0 heterocycles. The van der Waals surface area contributed by atoms with Crippen molar-refractivity contribution in [3.05, 3.63) is 11.6 Å². The van der Waals surface area contributed by atoms with Crippen LogP contribution in [0.3, 0.4) is 0 Å². The van der Waals surface area contributed by atoms with Gasteiger partial charge in [0.05, 0.1) is 0 Å². The molecule has 0 aromatic rings. The summed E-state index contributed by atoms with van der Waals surface area (Å²) in [6, 6.07) is 0. The van der Waals surface area contributed by atoms with Crippen LogP contribution in [0.1, 0.15) is 78.1 Å². The van der Waals surface area contributed by atoms with E-state index in [0.717, 1.165) is 37.7 Å². The zero-order valence-electron chi connectivity index (χ0n) is 18.6. The summed E-state index contributed by atoms with van der Waals surface area (Å²) in [5, 5.41) is 10.5. The molecular weight excluding hydrogens is 460 g/mol. The van der Waals surface area contributed by atoms with Crippen LogP contribution in [0.4, 0.5) is 0 Å². The maximum Gasteiger partial charge on any atom is 0.402 e. The monoisotopic (exact) mass is 494 g/mol. The first-order valence-electron chi connectivity index (χ1n) is 11.5. The number of aliphatic hydroxyl groups is 1. The first-order valence-corrected chi connectivity index (χ1v) is 14.2. The third kappa shape index (κ3) is 4.54. The van der Waals surface area contributed by atoms with E-state index in [4.69, 9.17) is 9.11 Å². The Kier molecular flexibility index (Phi) is 6.14. The van der Waals surface area contributed by atoms with Crippen LogP contribution in [0.5, 0.6) is 0 Å². The van der Waals surface area contributed by atoms with E-state index in [-0.39, 0.29) is 0 Å². The van der Waals surface area contributed by atoms with Gasteiger partial charge in [0.15, 0.2) is 0 Å². The van der Waals surface area contributed by atoms with Crippen LogP contribution in [-0.4, -0.2) is 37.0 Å². The smallest absolute Gasteiger partial charge is 0.338 e.